The summed E-state index contributed by atoms with van der Waals surface area (Å²) in [6.07, 6.45) is 3.63. The number of hydrogen-bond donors (Lipinski definition) is 1. The number of halogens is 2. The molecule has 1 atom stereocenters. The topological polar surface area (TPSA) is 38.1 Å². The third-order valence-electron chi connectivity index (χ3n) is 3.73. The average Bonchev–Trinajstić information content (AvgIpc) is 2.85. The van der Waals surface area contributed by atoms with Crippen LogP contribution in [0.4, 0.5) is 8.78 Å². The van der Waals surface area contributed by atoms with Crippen LogP contribution in [0.2, 0.25) is 0 Å². The second-order valence-electron chi connectivity index (χ2n) is 5.41. The second-order valence-corrected chi connectivity index (χ2v) is 5.41. The quantitative estimate of drug-likeness (QED) is 0.879. The Bertz CT molecular complexity index is 396. The van der Waals surface area contributed by atoms with Crippen molar-refractivity contribution in [2.75, 3.05) is 6.54 Å². The molecule has 3 nitrogen and oxygen atoms in total. The van der Waals surface area contributed by atoms with Gasteiger partial charge in [-0.15, -0.1) is 0 Å². The number of rotatable bonds is 5. The van der Waals surface area contributed by atoms with Gasteiger partial charge < -0.3 is 9.73 Å². The molecular formula is C14H22F2N2O. The largest absolute Gasteiger partial charge is 0.444 e. The summed E-state index contributed by atoms with van der Waals surface area (Å²) in [4.78, 5) is 4.26. The van der Waals surface area contributed by atoms with Crippen molar-refractivity contribution in [3.63, 3.8) is 0 Å². The Hall–Kier alpha value is -0.970. The van der Waals surface area contributed by atoms with Crippen molar-refractivity contribution in [3.05, 3.63) is 17.8 Å². The molecule has 1 aromatic heterocycles. The third kappa shape index (κ3) is 3.75. The first-order chi connectivity index (χ1) is 9.02. The van der Waals surface area contributed by atoms with E-state index in [1.807, 2.05) is 6.92 Å². The molecule has 0 bridgehead atoms. The zero-order valence-electron chi connectivity index (χ0n) is 11.6. The molecule has 0 aromatic carbocycles. The molecule has 1 N–H and O–H groups in total. The SMILES string of the molecule is CCCNC(C)c1ncc(C2CCC(F)(F)CC2)o1. The molecule has 1 aromatic rings. The molecule has 108 valence electrons. The molecule has 0 aliphatic heterocycles. The number of aromatic nitrogens is 1. The first kappa shape index (κ1) is 14.4. The van der Waals surface area contributed by atoms with Crippen LogP contribution in [-0.2, 0) is 0 Å². The van der Waals surface area contributed by atoms with Gasteiger partial charge in [0, 0.05) is 18.8 Å². The summed E-state index contributed by atoms with van der Waals surface area (Å²) in [5.74, 6) is -0.981. The fourth-order valence-electron chi connectivity index (χ4n) is 2.46. The van der Waals surface area contributed by atoms with Gasteiger partial charge in [0.25, 0.3) is 0 Å². The van der Waals surface area contributed by atoms with Gasteiger partial charge in [0.2, 0.25) is 11.8 Å². The molecule has 0 radical (unpaired) electrons. The van der Waals surface area contributed by atoms with E-state index >= 15 is 0 Å². The van der Waals surface area contributed by atoms with E-state index < -0.39 is 5.92 Å². The highest BCUT2D eigenvalue weighted by Crippen LogP contribution is 2.41. The van der Waals surface area contributed by atoms with Crippen LogP contribution in [-0.4, -0.2) is 17.5 Å². The van der Waals surface area contributed by atoms with Crippen molar-refractivity contribution in [1.82, 2.24) is 10.3 Å². The molecule has 1 heterocycles. The van der Waals surface area contributed by atoms with E-state index in [1.54, 1.807) is 6.20 Å². The van der Waals surface area contributed by atoms with Gasteiger partial charge in [-0.05, 0) is 32.7 Å². The molecule has 1 aliphatic carbocycles. The lowest BCUT2D eigenvalue weighted by Gasteiger charge is -2.26. The Kier molecular flexibility index (Phi) is 4.55. The van der Waals surface area contributed by atoms with Crippen molar-refractivity contribution < 1.29 is 13.2 Å². The van der Waals surface area contributed by atoms with Crippen LogP contribution in [0.1, 0.15) is 69.6 Å². The van der Waals surface area contributed by atoms with Gasteiger partial charge in [-0.25, -0.2) is 13.8 Å². The van der Waals surface area contributed by atoms with E-state index in [9.17, 15) is 8.78 Å². The summed E-state index contributed by atoms with van der Waals surface area (Å²) in [5.41, 5.74) is 0. The number of nitrogens with zero attached hydrogens (tertiary/aromatic N) is 1. The van der Waals surface area contributed by atoms with Crippen molar-refractivity contribution in [1.29, 1.82) is 0 Å². The lowest BCUT2D eigenvalue weighted by atomic mass is 9.85. The van der Waals surface area contributed by atoms with E-state index in [4.69, 9.17) is 4.42 Å². The highest BCUT2D eigenvalue weighted by atomic mass is 19.3. The van der Waals surface area contributed by atoms with Crippen LogP contribution < -0.4 is 5.32 Å². The van der Waals surface area contributed by atoms with Crippen LogP contribution >= 0.6 is 0 Å². The maximum Gasteiger partial charge on any atom is 0.248 e. The Labute approximate surface area is 112 Å². The van der Waals surface area contributed by atoms with E-state index in [1.165, 1.54) is 0 Å². The van der Waals surface area contributed by atoms with Crippen molar-refractivity contribution in [2.24, 2.45) is 0 Å². The predicted octanol–water partition coefficient (Wildman–Crippen LogP) is 4.03. The van der Waals surface area contributed by atoms with E-state index in [0.29, 0.717) is 18.7 Å². The Morgan fingerprint density at radius 2 is 2.16 bits per heavy atom. The Morgan fingerprint density at radius 3 is 2.79 bits per heavy atom. The normalized spacial score (nSPS) is 21.5. The van der Waals surface area contributed by atoms with Gasteiger partial charge in [-0.2, -0.15) is 0 Å². The van der Waals surface area contributed by atoms with Crippen LogP contribution in [0, 0.1) is 0 Å². The third-order valence-corrected chi connectivity index (χ3v) is 3.73. The minimum absolute atomic E-state index is 0.0443. The summed E-state index contributed by atoms with van der Waals surface area (Å²) in [6.45, 7) is 5.01. The number of hydrogen-bond acceptors (Lipinski definition) is 3. The molecule has 0 amide bonds. The van der Waals surface area contributed by atoms with Crippen LogP contribution in [0.25, 0.3) is 0 Å². The number of nitrogens with one attached hydrogen (secondary N) is 1. The molecule has 2 rings (SSSR count). The molecular weight excluding hydrogens is 250 g/mol. The molecule has 0 saturated heterocycles. The molecule has 1 fully saturated rings. The number of alkyl halides is 2. The maximum atomic E-state index is 13.1. The monoisotopic (exact) mass is 272 g/mol. The summed E-state index contributed by atoms with van der Waals surface area (Å²) < 4.78 is 32.0. The first-order valence-corrected chi connectivity index (χ1v) is 7.08. The highest BCUT2D eigenvalue weighted by Gasteiger charge is 2.36. The molecule has 0 spiro atoms. The van der Waals surface area contributed by atoms with Gasteiger partial charge in [-0.1, -0.05) is 6.92 Å². The first-order valence-electron chi connectivity index (χ1n) is 7.08. The zero-order valence-corrected chi connectivity index (χ0v) is 11.6. The van der Waals surface area contributed by atoms with Crippen LogP contribution in [0.5, 0.6) is 0 Å². The summed E-state index contributed by atoms with van der Waals surface area (Å²) in [7, 11) is 0. The second kappa shape index (κ2) is 5.99. The highest BCUT2D eigenvalue weighted by molar-refractivity contribution is 5.05. The van der Waals surface area contributed by atoms with E-state index in [0.717, 1.165) is 18.7 Å². The minimum Gasteiger partial charge on any atom is -0.444 e. The molecule has 5 heteroatoms. The van der Waals surface area contributed by atoms with E-state index in [-0.39, 0.29) is 24.8 Å². The lowest BCUT2D eigenvalue weighted by Crippen LogP contribution is -2.23. The molecule has 1 unspecified atom stereocenters. The van der Waals surface area contributed by atoms with Crippen molar-refractivity contribution in [3.8, 4) is 0 Å². The standard InChI is InChI=1S/C14H22F2N2O/c1-3-8-17-10(2)13-18-9-12(19-13)11-4-6-14(15,16)7-5-11/h9-11,17H,3-8H2,1-2H3. The zero-order chi connectivity index (χ0) is 13.9. The smallest absolute Gasteiger partial charge is 0.248 e. The minimum atomic E-state index is -2.49. The maximum absolute atomic E-state index is 13.1. The fraction of sp³-hybridized carbons (Fsp3) is 0.786. The lowest BCUT2D eigenvalue weighted by molar-refractivity contribution is -0.0396. The van der Waals surface area contributed by atoms with Gasteiger partial charge in [0.05, 0.1) is 12.2 Å². The predicted molar refractivity (Wildman–Crippen MR) is 69.4 cm³/mol. The Balaban J connectivity index is 1.94. The van der Waals surface area contributed by atoms with Gasteiger partial charge in [-0.3, -0.25) is 0 Å². The molecule has 1 saturated carbocycles. The summed E-state index contributed by atoms with van der Waals surface area (Å²) in [5, 5.41) is 3.30. The fourth-order valence-corrected chi connectivity index (χ4v) is 2.46. The summed E-state index contributed by atoms with van der Waals surface area (Å²) in [6, 6.07) is 0.0683. The van der Waals surface area contributed by atoms with Crippen molar-refractivity contribution in [2.45, 2.75) is 63.8 Å². The van der Waals surface area contributed by atoms with Gasteiger partial charge in [0.15, 0.2) is 0 Å². The van der Waals surface area contributed by atoms with E-state index in [2.05, 4.69) is 17.2 Å². The molecule has 19 heavy (non-hydrogen) atoms. The Morgan fingerprint density at radius 1 is 1.47 bits per heavy atom. The average molecular weight is 272 g/mol. The van der Waals surface area contributed by atoms with Crippen LogP contribution in [0.15, 0.2) is 10.6 Å². The van der Waals surface area contributed by atoms with Gasteiger partial charge >= 0.3 is 0 Å². The van der Waals surface area contributed by atoms with Gasteiger partial charge in [0.1, 0.15) is 5.76 Å². The van der Waals surface area contributed by atoms with Crippen LogP contribution in [0.3, 0.4) is 0 Å². The summed E-state index contributed by atoms with van der Waals surface area (Å²) >= 11 is 0. The molecule has 1 aliphatic rings. The number of oxazole rings is 1. The van der Waals surface area contributed by atoms with Crippen molar-refractivity contribution >= 4 is 0 Å².